The van der Waals surface area contributed by atoms with Gasteiger partial charge in [0.1, 0.15) is 11.2 Å². The first-order chi connectivity index (χ1) is 15.0. The molecule has 0 saturated carbocycles. The number of hydrogen-bond donors (Lipinski definition) is 2. The Kier molecular flexibility index (Phi) is 5.97. The molecule has 3 aromatic heterocycles. The van der Waals surface area contributed by atoms with Crippen molar-refractivity contribution in [1.29, 1.82) is 0 Å². The predicted molar refractivity (Wildman–Crippen MR) is 124 cm³/mol. The molecule has 31 heavy (non-hydrogen) atoms. The number of aryl methyl sites for hydroxylation is 2. The molecule has 7 nitrogen and oxygen atoms in total. The number of rotatable bonds is 6. The SMILES string of the molecule is CCc1sc(C(=O)NCC(=O)Nn2cnc3scc(-c4ccccc4)c3c2=O)cc1C. The summed E-state index contributed by atoms with van der Waals surface area (Å²) in [6.07, 6.45) is 2.14. The van der Waals surface area contributed by atoms with Crippen LogP contribution in [0.1, 0.15) is 27.0 Å². The van der Waals surface area contributed by atoms with Gasteiger partial charge >= 0.3 is 0 Å². The molecule has 0 spiro atoms. The van der Waals surface area contributed by atoms with Crippen LogP contribution < -0.4 is 16.3 Å². The van der Waals surface area contributed by atoms with Crippen molar-refractivity contribution in [1.82, 2.24) is 15.0 Å². The van der Waals surface area contributed by atoms with Gasteiger partial charge in [-0.1, -0.05) is 37.3 Å². The predicted octanol–water partition coefficient (Wildman–Crippen LogP) is 3.56. The van der Waals surface area contributed by atoms with Crippen LogP contribution in [0.5, 0.6) is 0 Å². The highest BCUT2D eigenvalue weighted by atomic mass is 32.1. The fourth-order valence-corrected chi connectivity index (χ4v) is 5.18. The molecule has 3 heterocycles. The Labute approximate surface area is 186 Å². The summed E-state index contributed by atoms with van der Waals surface area (Å²) in [6.45, 7) is 3.74. The summed E-state index contributed by atoms with van der Waals surface area (Å²) in [5.74, 6) is -0.829. The summed E-state index contributed by atoms with van der Waals surface area (Å²) in [6, 6.07) is 11.4. The van der Waals surface area contributed by atoms with Crippen LogP contribution >= 0.6 is 22.7 Å². The average Bonchev–Trinajstić information content (AvgIpc) is 3.38. The highest BCUT2D eigenvalue weighted by Gasteiger charge is 2.16. The van der Waals surface area contributed by atoms with Crippen molar-refractivity contribution in [2.45, 2.75) is 20.3 Å². The maximum Gasteiger partial charge on any atom is 0.281 e. The first-order valence-electron chi connectivity index (χ1n) is 9.69. The number of hydrogen-bond acceptors (Lipinski definition) is 6. The molecule has 0 aliphatic heterocycles. The van der Waals surface area contributed by atoms with E-state index in [1.807, 2.05) is 55.6 Å². The van der Waals surface area contributed by atoms with E-state index in [-0.39, 0.29) is 18.0 Å². The van der Waals surface area contributed by atoms with E-state index in [4.69, 9.17) is 0 Å². The molecule has 1 aromatic carbocycles. The number of carbonyl (C=O) groups excluding carboxylic acids is 2. The molecule has 0 fully saturated rings. The van der Waals surface area contributed by atoms with Crippen LogP contribution in [0.25, 0.3) is 21.3 Å². The second kappa shape index (κ2) is 8.83. The van der Waals surface area contributed by atoms with Crippen molar-refractivity contribution in [3.05, 3.63) is 73.8 Å². The number of amides is 2. The van der Waals surface area contributed by atoms with Crippen LogP contribution in [-0.2, 0) is 11.2 Å². The molecule has 0 aliphatic rings. The Bertz CT molecular complexity index is 1320. The van der Waals surface area contributed by atoms with Crippen molar-refractivity contribution in [2.24, 2.45) is 0 Å². The molecule has 4 aromatic rings. The number of thiophene rings is 2. The molecule has 0 atom stereocenters. The third-order valence-electron chi connectivity index (χ3n) is 4.80. The van der Waals surface area contributed by atoms with Crippen LogP contribution in [0.4, 0.5) is 0 Å². The summed E-state index contributed by atoms with van der Waals surface area (Å²) >= 11 is 2.79. The van der Waals surface area contributed by atoms with E-state index in [1.54, 1.807) is 0 Å². The maximum atomic E-state index is 13.0. The zero-order valence-electron chi connectivity index (χ0n) is 17.0. The first-order valence-corrected chi connectivity index (χ1v) is 11.4. The van der Waals surface area contributed by atoms with Crippen molar-refractivity contribution in [3.63, 3.8) is 0 Å². The lowest BCUT2D eigenvalue weighted by molar-refractivity contribution is -0.116. The van der Waals surface area contributed by atoms with Crippen molar-refractivity contribution >= 4 is 44.7 Å². The quantitative estimate of drug-likeness (QED) is 0.468. The summed E-state index contributed by atoms with van der Waals surface area (Å²) in [5.41, 5.74) is 4.88. The molecule has 0 saturated heterocycles. The van der Waals surface area contributed by atoms with Gasteiger partial charge in [0.15, 0.2) is 0 Å². The van der Waals surface area contributed by atoms with Gasteiger partial charge in [-0.3, -0.25) is 19.8 Å². The standard InChI is InChI=1S/C22H20N4O3S2/c1-3-16-13(2)9-17(31-16)20(28)23-10-18(27)25-26-12-24-21-19(22(26)29)15(11-30-21)14-7-5-4-6-8-14/h4-9,11-12H,3,10H2,1-2H3,(H,23,28)(H,25,27). The Morgan fingerprint density at radius 3 is 2.68 bits per heavy atom. The van der Waals surface area contributed by atoms with Crippen molar-refractivity contribution in [2.75, 3.05) is 12.0 Å². The van der Waals surface area contributed by atoms with Gasteiger partial charge in [0, 0.05) is 15.8 Å². The molecular weight excluding hydrogens is 432 g/mol. The lowest BCUT2D eigenvalue weighted by atomic mass is 10.1. The van der Waals surface area contributed by atoms with E-state index in [9.17, 15) is 14.4 Å². The smallest absolute Gasteiger partial charge is 0.281 e. The largest absolute Gasteiger partial charge is 0.342 e. The van der Waals surface area contributed by atoms with Crippen LogP contribution in [-0.4, -0.2) is 28.0 Å². The van der Waals surface area contributed by atoms with E-state index in [2.05, 4.69) is 15.7 Å². The van der Waals surface area contributed by atoms with Gasteiger partial charge in [-0.25, -0.2) is 9.66 Å². The normalized spacial score (nSPS) is 10.9. The monoisotopic (exact) mass is 452 g/mol. The third kappa shape index (κ3) is 4.28. The fourth-order valence-electron chi connectivity index (χ4n) is 3.25. The van der Waals surface area contributed by atoms with Crippen LogP contribution in [0, 0.1) is 6.92 Å². The minimum atomic E-state index is -0.517. The minimum absolute atomic E-state index is 0.253. The van der Waals surface area contributed by atoms with Crippen LogP contribution in [0.3, 0.4) is 0 Å². The molecular formula is C22H20N4O3S2. The summed E-state index contributed by atoms with van der Waals surface area (Å²) in [5, 5.41) is 4.93. The van der Waals surface area contributed by atoms with Gasteiger partial charge < -0.3 is 5.32 Å². The Morgan fingerprint density at radius 2 is 1.97 bits per heavy atom. The minimum Gasteiger partial charge on any atom is -0.342 e. The molecule has 4 rings (SSSR count). The molecule has 158 valence electrons. The van der Waals surface area contributed by atoms with E-state index < -0.39 is 5.91 Å². The Hall–Kier alpha value is -3.30. The molecule has 0 radical (unpaired) electrons. The number of nitrogens with one attached hydrogen (secondary N) is 2. The number of benzene rings is 1. The van der Waals surface area contributed by atoms with Crippen LogP contribution in [0.15, 0.2) is 52.9 Å². The van der Waals surface area contributed by atoms with Crippen molar-refractivity contribution < 1.29 is 9.59 Å². The fraction of sp³-hybridized carbons (Fsp3) is 0.182. The number of aromatic nitrogens is 2. The Morgan fingerprint density at radius 1 is 1.19 bits per heavy atom. The Balaban J connectivity index is 1.49. The van der Waals surface area contributed by atoms with E-state index >= 15 is 0 Å². The summed E-state index contributed by atoms with van der Waals surface area (Å²) < 4.78 is 1.06. The summed E-state index contributed by atoms with van der Waals surface area (Å²) in [4.78, 5) is 44.3. The summed E-state index contributed by atoms with van der Waals surface area (Å²) in [7, 11) is 0. The second-order valence-corrected chi connectivity index (χ2v) is 8.90. The maximum absolute atomic E-state index is 13.0. The number of fused-ring (bicyclic) bond motifs is 1. The first kappa shape index (κ1) is 21.0. The number of nitrogens with zero attached hydrogens (tertiary/aromatic N) is 2. The van der Waals surface area contributed by atoms with Gasteiger partial charge in [0.05, 0.1) is 16.8 Å². The van der Waals surface area contributed by atoms with Crippen molar-refractivity contribution in [3.8, 4) is 11.1 Å². The van der Waals surface area contributed by atoms with Gasteiger partial charge in [-0.15, -0.1) is 22.7 Å². The van der Waals surface area contributed by atoms with E-state index in [1.165, 1.54) is 29.0 Å². The topological polar surface area (TPSA) is 93.1 Å². The van der Waals surface area contributed by atoms with E-state index in [0.717, 1.165) is 32.7 Å². The zero-order chi connectivity index (χ0) is 22.0. The molecule has 0 bridgehead atoms. The molecule has 0 aliphatic carbocycles. The lowest BCUT2D eigenvalue weighted by Crippen LogP contribution is -2.39. The number of carbonyl (C=O) groups is 2. The second-order valence-electron chi connectivity index (χ2n) is 6.90. The zero-order valence-corrected chi connectivity index (χ0v) is 18.6. The molecule has 2 N–H and O–H groups in total. The lowest BCUT2D eigenvalue weighted by Gasteiger charge is -2.09. The molecule has 2 amide bonds. The molecule has 9 heteroatoms. The highest BCUT2D eigenvalue weighted by molar-refractivity contribution is 7.17. The van der Waals surface area contributed by atoms with Crippen LogP contribution in [0.2, 0.25) is 0 Å². The molecule has 0 unspecified atom stereocenters. The highest BCUT2D eigenvalue weighted by Crippen LogP contribution is 2.30. The van der Waals surface area contributed by atoms with Gasteiger partial charge in [0.25, 0.3) is 17.4 Å². The van der Waals surface area contributed by atoms with Gasteiger partial charge in [-0.05, 0) is 30.5 Å². The van der Waals surface area contributed by atoms with Gasteiger partial charge in [-0.2, -0.15) is 0 Å². The third-order valence-corrected chi connectivity index (χ3v) is 7.07. The van der Waals surface area contributed by atoms with E-state index in [0.29, 0.717) is 15.1 Å². The van der Waals surface area contributed by atoms with Gasteiger partial charge in [0.2, 0.25) is 0 Å². The average molecular weight is 453 g/mol.